The van der Waals surface area contributed by atoms with Crippen LogP contribution in [0.1, 0.15) is 5.56 Å². The molecule has 6 nitrogen and oxygen atoms in total. The average molecular weight is 414 g/mol. The molecule has 3 aromatic rings. The number of carbonyl (C=O) groups excluding carboxylic acids is 1. The van der Waals surface area contributed by atoms with Gasteiger partial charge in [0.2, 0.25) is 0 Å². The summed E-state index contributed by atoms with van der Waals surface area (Å²) in [7, 11) is 0. The first-order valence-corrected chi connectivity index (χ1v) is 8.10. The average Bonchev–Trinajstić information content (AvgIpc) is 2.94. The topological polar surface area (TPSA) is 87.0 Å². The predicted octanol–water partition coefficient (Wildman–Crippen LogP) is 4.99. The first kappa shape index (κ1) is 19.3. The van der Waals surface area contributed by atoms with Crippen molar-refractivity contribution in [3.63, 3.8) is 0 Å². The van der Waals surface area contributed by atoms with Crippen molar-refractivity contribution in [1.82, 2.24) is 4.98 Å². The van der Waals surface area contributed by atoms with Gasteiger partial charge in [-0.2, -0.15) is 5.26 Å². The summed E-state index contributed by atoms with van der Waals surface area (Å²) < 4.78 is 68.0. The predicted molar refractivity (Wildman–Crippen MR) is 90.0 cm³/mol. The molecule has 0 aliphatic rings. The van der Waals surface area contributed by atoms with Crippen molar-refractivity contribution >= 4 is 38.4 Å². The first-order valence-electron chi connectivity index (χ1n) is 7.28. The Morgan fingerprint density at radius 1 is 1.14 bits per heavy atom. The Morgan fingerprint density at radius 3 is 2.43 bits per heavy atom. The molecule has 0 aliphatic heterocycles. The van der Waals surface area contributed by atoms with E-state index in [0.717, 1.165) is 35.6 Å². The molecule has 0 atom stereocenters. The fourth-order valence-electron chi connectivity index (χ4n) is 2.17. The maximum Gasteiger partial charge on any atom is 0.573 e. The molecular weight excluding hydrogens is 407 g/mol. The Kier molecular flexibility index (Phi) is 5.02. The molecule has 2 amide bonds. The molecule has 12 heteroatoms. The summed E-state index contributed by atoms with van der Waals surface area (Å²) in [5, 5.41) is 13.1. The molecule has 1 heterocycles. The summed E-state index contributed by atoms with van der Waals surface area (Å²) in [6.07, 6.45) is -4.84. The number of carbonyl (C=O) groups is 1. The normalized spacial score (nSPS) is 11.1. The molecule has 0 spiro atoms. The number of ether oxygens (including phenoxy) is 1. The fourth-order valence-corrected chi connectivity index (χ4v) is 3.06. The zero-order chi connectivity index (χ0) is 20.5. The standard InChI is InChI=1S/C16H7F5N4O2S/c17-10-3-7(4-11(18)9(10)6-22)23-14(26)25-15-24-12-2-1-8(5-13(12)28-15)27-16(19,20)21/h1-5H,(H2,23,24,25,26). The number of nitrogens with zero attached hydrogens (tertiary/aromatic N) is 2. The van der Waals surface area contributed by atoms with Crippen molar-refractivity contribution in [3.8, 4) is 11.8 Å². The van der Waals surface area contributed by atoms with Gasteiger partial charge in [-0.25, -0.2) is 18.6 Å². The second-order valence-corrected chi connectivity index (χ2v) is 6.23. The van der Waals surface area contributed by atoms with Crippen LogP contribution in [0.25, 0.3) is 10.2 Å². The Labute approximate surface area is 157 Å². The lowest BCUT2D eigenvalue weighted by Crippen LogP contribution is -2.19. The van der Waals surface area contributed by atoms with Crippen LogP contribution in [0, 0.1) is 23.0 Å². The SMILES string of the molecule is N#Cc1c(F)cc(NC(=O)Nc2nc3ccc(OC(F)(F)F)cc3s2)cc1F. The van der Waals surface area contributed by atoms with E-state index in [1.807, 2.05) is 0 Å². The molecule has 0 fully saturated rings. The number of thiazole rings is 1. The molecule has 0 bridgehead atoms. The molecule has 28 heavy (non-hydrogen) atoms. The van der Waals surface area contributed by atoms with Gasteiger partial charge in [-0.15, -0.1) is 13.2 Å². The van der Waals surface area contributed by atoms with Crippen LogP contribution in [-0.2, 0) is 0 Å². The van der Waals surface area contributed by atoms with E-state index >= 15 is 0 Å². The van der Waals surface area contributed by atoms with Gasteiger partial charge in [-0.05, 0) is 24.3 Å². The van der Waals surface area contributed by atoms with Gasteiger partial charge in [-0.1, -0.05) is 11.3 Å². The van der Waals surface area contributed by atoms with E-state index in [-0.39, 0.29) is 10.8 Å². The van der Waals surface area contributed by atoms with Crippen molar-refractivity contribution in [2.45, 2.75) is 6.36 Å². The highest BCUT2D eigenvalue weighted by molar-refractivity contribution is 7.22. The molecule has 2 N–H and O–H groups in total. The smallest absolute Gasteiger partial charge is 0.406 e. The van der Waals surface area contributed by atoms with E-state index in [2.05, 4.69) is 20.4 Å². The second kappa shape index (κ2) is 7.28. The summed E-state index contributed by atoms with van der Waals surface area (Å²) in [6, 6.07) is 5.44. The monoisotopic (exact) mass is 414 g/mol. The van der Waals surface area contributed by atoms with E-state index in [1.54, 1.807) is 0 Å². The highest BCUT2D eigenvalue weighted by atomic mass is 32.1. The summed E-state index contributed by atoms with van der Waals surface area (Å²) >= 11 is 0.867. The Balaban J connectivity index is 1.74. The zero-order valence-corrected chi connectivity index (χ0v) is 14.2. The van der Waals surface area contributed by atoms with Crippen LogP contribution in [0.5, 0.6) is 5.75 Å². The highest BCUT2D eigenvalue weighted by Crippen LogP contribution is 2.31. The molecule has 1 aromatic heterocycles. The fraction of sp³-hybridized carbons (Fsp3) is 0.0625. The number of benzene rings is 2. The number of hydrogen-bond acceptors (Lipinski definition) is 5. The van der Waals surface area contributed by atoms with Gasteiger partial charge in [0.15, 0.2) is 5.13 Å². The van der Waals surface area contributed by atoms with Gasteiger partial charge in [0.1, 0.15) is 29.0 Å². The molecule has 3 rings (SSSR count). The summed E-state index contributed by atoms with van der Waals surface area (Å²) in [4.78, 5) is 16.0. The molecular formula is C16H7F5N4O2S. The molecule has 0 radical (unpaired) electrons. The second-order valence-electron chi connectivity index (χ2n) is 5.20. The Morgan fingerprint density at radius 2 is 1.82 bits per heavy atom. The number of anilines is 2. The summed E-state index contributed by atoms with van der Waals surface area (Å²) in [6.45, 7) is 0. The van der Waals surface area contributed by atoms with Crippen LogP contribution in [0.4, 0.5) is 37.6 Å². The van der Waals surface area contributed by atoms with Gasteiger partial charge < -0.3 is 10.1 Å². The summed E-state index contributed by atoms with van der Waals surface area (Å²) in [5.41, 5.74) is -0.715. The van der Waals surface area contributed by atoms with E-state index in [0.29, 0.717) is 10.2 Å². The quantitative estimate of drug-likeness (QED) is 0.592. The van der Waals surface area contributed by atoms with Crippen molar-refractivity contribution in [1.29, 1.82) is 5.26 Å². The van der Waals surface area contributed by atoms with Crippen LogP contribution in [0.2, 0.25) is 0 Å². The number of aromatic nitrogens is 1. The van der Waals surface area contributed by atoms with Crippen LogP contribution in [0.15, 0.2) is 30.3 Å². The van der Waals surface area contributed by atoms with E-state index in [9.17, 15) is 26.7 Å². The number of halogens is 5. The molecule has 0 aliphatic carbocycles. The van der Waals surface area contributed by atoms with Crippen LogP contribution in [0.3, 0.4) is 0 Å². The number of amides is 2. The third-order valence-electron chi connectivity index (χ3n) is 3.23. The van der Waals surface area contributed by atoms with Gasteiger partial charge in [0.05, 0.1) is 10.2 Å². The largest absolute Gasteiger partial charge is 0.573 e. The van der Waals surface area contributed by atoms with E-state index in [4.69, 9.17) is 5.26 Å². The van der Waals surface area contributed by atoms with Crippen molar-refractivity contribution in [2.24, 2.45) is 0 Å². The highest BCUT2D eigenvalue weighted by Gasteiger charge is 2.31. The number of rotatable bonds is 3. The molecule has 2 aromatic carbocycles. The Bertz CT molecular complexity index is 1080. The van der Waals surface area contributed by atoms with Gasteiger partial charge in [0, 0.05) is 11.8 Å². The third-order valence-corrected chi connectivity index (χ3v) is 4.16. The minimum absolute atomic E-state index is 0.0336. The maximum atomic E-state index is 13.5. The lowest BCUT2D eigenvalue weighted by Gasteiger charge is -2.07. The number of nitriles is 1. The van der Waals surface area contributed by atoms with Crippen molar-refractivity contribution < 1.29 is 31.5 Å². The van der Waals surface area contributed by atoms with Crippen molar-refractivity contribution in [3.05, 3.63) is 47.5 Å². The van der Waals surface area contributed by atoms with Gasteiger partial charge in [-0.3, -0.25) is 5.32 Å². The number of urea groups is 1. The number of alkyl halides is 3. The van der Waals surface area contributed by atoms with Gasteiger partial charge >= 0.3 is 12.4 Å². The summed E-state index contributed by atoms with van der Waals surface area (Å²) in [5.74, 6) is -2.73. The van der Waals surface area contributed by atoms with Gasteiger partial charge in [0.25, 0.3) is 0 Å². The lowest BCUT2D eigenvalue weighted by atomic mass is 10.2. The minimum atomic E-state index is -4.84. The van der Waals surface area contributed by atoms with Crippen LogP contribution in [-0.4, -0.2) is 17.4 Å². The third kappa shape index (κ3) is 4.44. The first-order chi connectivity index (χ1) is 13.1. The molecule has 144 valence electrons. The number of nitrogens with one attached hydrogen (secondary N) is 2. The molecule has 0 saturated heterocycles. The minimum Gasteiger partial charge on any atom is -0.406 e. The number of fused-ring (bicyclic) bond motifs is 1. The Hall–Kier alpha value is -3.46. The van der Waals surface area contributed by atoms with Crippen LogP contribution < -0.4 is 15.4 Å². The zero-order valence-electron chi connectivity index (χ0n) is 13.4. The van der Waals surface area contributed by atoms with Crippen molar-refractivity contribution in [2.75, 3.05) is 10.6 Å². The van der Waals surface area contributed by atoms with Crippen LogP contribution >= 0.6 is 11.3 Å². The maximum absolute atomic E-state index is 13.5. The molecule has 0 saturated carbocycles. The number of hydrogen-bond donors (Lipinski definition) is 2. The van der Waals surface area contributed by atoms with E-state index in [1.165, 1.54) is 12.1 Å². The van der Waals surface area contributed by atoms with E-state index < -0.39 is 35.3 Å². The lowest BCUT2D eigenvalue weighted by molar-refractivity contribution is -0.274. The molecule has 0 unspecified atom stereocenters.